The molecule has 1 saturated heterocycles. The first-order chi connectivity index (χ1) is 11.4. The number of benzene rings is 2. The molecule has 1 aliphatic rings. The van der Waals surface area contributed by atoms with Crippen molar-refractivity contribution in [3.05, 3.63) is 58.3 Å². The highest BCUT2D eigenvalue weighted by Crippen LogP contribution is 2.27. The van der Waals surface area contributed by atoms with Crippen molar-refractivity contribution in [2.45, 2.75) is 4.90 Å². The van der Waals surface area contributed by atoms with Gasteiger partial charge in [0, 0.05) is 41.9 Å². The third kappa shape index (κ3) is 3.67. The largest absolute Gasteiger partial charge is 0.369 e. The van der Waals surface area contributed by atoms with Gasteiger partial charge >= 0.3 is 0 Å². The lowest BCUT2D eigenvalue weighted by Crippen LogP contribution is -2.48. The maximum atomic E-state index is 13.0. The fourth-order valence-electron chi connectivity index (χ4n) is 2.66. The highest BCUT2D eigenvalue weighted by Gasteiger charge is 2.28. The molecule has 0 atom stereocenters. The van der Waals surface area contributed by atoms with Crippen LogP contribution in [-0.2, 0) is 10.0 Å². The quantitative estimate of drug-likeness (QED) is 0.805. The Balaban J connectivity index is 1.73. The van der Waals surface area contributed by atoms with Crippen molar-refractivity contribution in [3.63, 3.8) is 0 Å². The van der Waals surface area contributed by atoms with Gasteiger partial charge in [0.25, 0.3) is 0 Å². The summed E-state index contributed by atoms with van der Waals surface area (Å²) < 4.78 is 39.6. The lowest BCUT2D eigenvalue weighted by molar-refractivity contribution is 0.385. The molecule has 3 rings (SSSR count). The number of hydrogen-bond acceptors (Lipinski definition) is 3. The second-order valence-corrected chi connectivity index (χ2v) is 8.28. The SMILES string of the molecule is O=S(=O)(c1ccc(F)cc1)N1CCN(c2cc(Cl)cc(Cl)c2)CC1. The molecule has 2 aromatic carbocycles. The number of rotatable bonds is 3. The molecular weight excluding hydrogens is 374 g/mol. The standard InChI is InChI=1S/C16H15Cl2FN2O2S/c17-12-9-13(18)11-15(10-12)20-5-7-21(8-6-20)24(22,23)16-3-1-14(19)2-4-16/h1-4,9-11H,5-8H2. The van der Waals surface area contributed by atoms with Crippen LogP contribution in [0.5, 0.6) is 0 Å². The molecule has 1 aliphatic heterocycles. The zero-order valence-corrected chi connectivity index (χ0v) is 15.0. The number of halogens is 3. The van der Waals surface area contributed by atoms with Crippen LogP contribution in [0.2, 0.25) is 10.0 Å². The van der Waals surface area contributed by atoms with Crippen molar-refractivity contribution in [1.29, 1.82) is 0 Å². The zero-order chi connectivity index (χ0) is 17.3. The first kappa shape index (κ1) is 17.5. The molecule has 1 fully saturated rings. The summed E-state index contributed by atoms with van der Waals surface area (Å²) in [6.45, 7) is 1.72. The smallest absolute Gasteiger partial charge is 0.243 e. The van der Waals surface area contributed by atoms with E-state index in [1.807, 2.05) is 4.90 Å². The number of anilines is 1. The molecule has 24 heavy (non-hydrogen) atoms. The van der Waals surface area contributed by atoms with E-state index in [4.69, 9.17) is 23.2 Å². The Bertz CT molecular complexity index is 815. The van der Waals surface area contributed by atoms with Gasteiger partial charge in [-0.2, -0.15) is 4.31 Å². The summed E-state index contributed by atoms with van der Waals surface area (Å²) >= 11 is 12.0. The minimum atomic E-state index is -3.61. The van der Waals surface area contributed by atoms with Crippen LogP contribution < -0.4 is 4.90 Å². The van der Waals surface area contributed by atoms with Crippen molar-refractivity contribution in [1.82, 2.24) is 4.31 Å². The van der Waals surface area contributed by atoms with Gasteiger partial charge in [0.2, 0.25) is 10.0 Å². The van der Waals surface area contributed by atoms with E-state index in [0.717, 1.165) is 17.8 Å². The average molecular weight is 389 g/mol. The van der Waals surface area contributed by atoms with Gasteiger partial charge in [-0.25, -0.2) is 12.8 Å². The molecule has 0 aliphatic carbocycles. The maximum Gasteiger partial charge on any atom is 0.243 e. The van der Waals surface area contributed by atoms with Gasteiger partial charge < -0.3 is 4.90 Å². The van der Waals surface area contributed by atoms with E-state index >= 15 is 0 Å². The minimum Gasteiger partial charge on any atom is -0.369 e. The Labute approximate surface area is 150 Å². The second-order valence-electron chi connectivity index (χ2n) is 5.47. The van der Waals surface area contributed by atoms with E-state index < -0.39 is 15.8 Å². The van der Waals surface area contributed by atoms with E-state index in [9.17, 15) is 12.8 Å². The predicted octanol–water partition coefficient (Wildman–Crippen LogP) is 3.64. The summed E-state index contributed by atoms with van der Waals surface area (Å²) in [6.07, 6.45) is 0. The first-order valence-corrected chi connectivity index (χ1v) is 9.52. The lowest BCUT2D eigenvalue weighted by Gasteiger charge is -2.35. The van der Waals surface area contributed by atoms with E-state index in [2.05, 4.69) is 0 Å². The summed E-state index contributed by atoms with van der Waals surface area (Å²) in [5.74, 6) is -0.461. The molecule has 128 valence electrons. The molecule has 2 aromatic rings. The van der Waals surface area contributed by atoms with Crippen LogP contribution in [0.15, 0.2) is 47.4 Å². The zero-order valence-electron chi connectivity index (χ0n) is 12.6. The van der Waals surface area contributed by atoms with Crippen molar-refractivity contribution < 1.29 is 12.8 Å². The Morgan fingerprint density at radius 1 is 0.875 bits per heavy atom. The first-order valence-electron chi connectivity index (χ1n) is 7.33. The molecule has 0 saturated carbocycles. The van der Waals surface area contributed by atoms with Gasteiger partial charge in [0.15, 0.2) is 0 Å². The molecule has 0 N–H and O–H groups in total. The third-order valence-corrected chi connectivity index (χ3v) is 6.25. The topological polar surface area (TPSA) is 40.6 Å². The Hall–Kier alpha value is -1.34. The number of hydrogen-bond donors (Lipinski definition) is 0. The molecule has 8 heteroatoms. The Kier molecular flexibility index (Phi) is 5.01. The average Bonchev–Trinajstić information content (AvgIpc) is 2.54. The third-order valence-electron chi connectivity index (χ3n) is 3.90. The summed E-state index contributed by atoms with van der Waals surface area (Å²) in [7, 11) is -3.61. The van der Waals surface area contributed by atoms with Gasteiger partial charge in [0.05, 0.1) is 4.90 Å². The monoisotopic (exact) mass is 388 g/mol. The molecule has 0 radical (unpaired) electrons. The summed E-state index contributed by atoms with van der Waals surface area (Å²) in [6, 6.07) is 10.1. The normalized spacial score (nSPS) is 16.4. The fourth-order valence-corrected chi connectivity index (χ4v) is 4.60. The Morgan fingerprint density at radius 2 is 1.42 bits per heavy atom. The van der Waals surface area contributed by atoms with Crippen molar-refractivity contribution in [3.8, 4) is 0 Å². The fraction of sp³-hybridized carbons (Fsp3) is 0.250. The van der Waals surface area contributed by atoms with E-state index in [1.165, 1.54) is 16.4 Å². The molecule has 0 aromatic heterocycles. The Morgan fingerprint density at radius 3 is 1.96 bits per heavy atom. The molecule has 0 amide bonds. The van der Waals surface area contributed by atoms with Gasteiger partial charge in [0.1, 0.15) is 5.82 Å². The van der Waals surface area contributed by atoms with E-state index in [1.54, 1.807) is 18.2 Å². The van der Waals surface area contributed by atoms with Crippen LogP contribution >= 0.6 is 23.2 Å². The molecular formula is C16H15Cl2FN2O2S. The van der Waals surface area contributed by atoms with Crippen LogP contribution in [-0.4, -0.2) is 38.9 Å². The second kappa shape index (κ2) is 6.88. The van der Waals surface area contributed by atoms with Crippen LogP contribution in [0.3, 0.4) is 0 Å². The molecule has 0 unspecified atom stereocenters. The maximum absolute atomic E-state index is 13.0. The number of sulfonamides is 1. The summed E-state index contributed by atoms with van der Waals surface area (Å²) in [5, 5.41) is 1.08. The summed E-state index contributed by atoms with van der Waals surface area (Å²) in [5.41, 5.74) is 0.867. The molecule has 4 nitrogen and oxygen atoms in total. The molecule has 1 heterocycles. The number of nitrogens with zero attached hydrogens (tertiary/aromatic N) is 2. The van der Waals surface area contributed by atoms with Crippen LogP contribution in [0.25, 0.3) is 0 Å². The van der Waals surface area contributed by atoms with Gasteiger partial charge in [-0.3, -0.25) is 0 Å². The van der Waals surface area contributed by atoms with Crippen LogP contribution in [0.1, 0.15) is 0 Å². The molecule has 0 spiro atoms. The minimum absolute atomic E-state index is 0.100. The van der Waals surface area contributed by atoms with Crippen molar-refractivity contribution in [2.75, 3.05) is 31.1 Å². The van der Waals surface area contributed by atoms with Crippen molar-refractivity contribution in [2.24, 2.45) is 0 Å². The van der Waals surface area contributed by atoms with Gasteiger partial charge in [-0.15, -0.1) is 0 Å². The number of piperazine rings is 1. The highest BCUT2D eigenvalue weighted by molar-refractivity contribution is 7.89. The van der Waals surface area contributed by atoms with Gasteiger partial charge in [-0.05, 0) is 42.5 Å². The van der Waals surface area contributed by atoms with E-state index in [-0.39, 0.29) is 4.90 Å². The highest BCUT2D eigenvalue weighted by atomic mass is 35.5. The predicted molar refractivity (Wildman–Crippen MR) is 93.8 cm³/mol. The van der Waals surface area contributed by atoms with E-state index in [0.29, 0.717) is 36.2 Å². The van der Waals surface area contributed by atoms with Crippen molar-refractivity contribution >= 4 is 38.9 Å². The van der Waals surface area contributed by atoms with Crippen LogP contribution in [0, 0.1) is 5.82 Å². The van der Waals surface area contributed by atoms with Gasteiger partial charge in [-0.1, -0.05) is 23.2 Å². The summed E-state index contributed by atoms with van der Waals surface area (Å²) in [4.78, 5) is 2.14. The molecule has 0 bridgehead atoms. The lowest BCUT2D eigenvalue weighted by atomic mass is 10.2. The van der Waals surface area contributed by atoms with Crippen LogP contribution in [0.4, 0.5) is 10.1 Å².